The zero-order valence-electron chi connectivity index (χ0n) is 34.5. The molecule has 1 aliphatic carbocycles. The van der Waals surface area contributed by atoms with Crippen LogP contribution < -0.4 is 0 Å². The fourth-order valence-corrected chi connectivity index (χ4v) is 11.0. The Morgan fingerprint density at radius 1 is 0.306 bits per heavy atom. The van der Waals surface area contributed by atoms with Crippen LogP contribution in [0.25, 0.3) is 121 Å². The van der Waals surface area contributed by atoms with Crippen LogP contribution in [-0.4, -0.2) is 0 Å². The monoisotopic (exact) mass is 788 g/mol. The van der Waals surface area contributed by atoms with Crippen molar-refractivity contribution in [2.45, 2.75) is 19.3 Å². The number of furan rings is 1. The van der Waals surface area contributed by atoms with Crippen molar-refractivity contribution in [1.29, 1.82) is 0 Å². The van der Waals surface area contributed by atoms with Gasteiger partial charge in [-0.25, -0.2) is 0 Å². The predicted molar refractivity (Wildman–Crippen MR) is 263 cm³/mol. The Kier molecular flexibility index (Phi) is 7.42. The van der Waals surface area contributed by atoms with Gasteiger partial charge >= 0.3 is 0 Å². The van der Waals surface area contributed by atoms with Gasteiger partial charge < -0.3 is 4.42 Å². The fourth-order valence-electron chi connectivity index (χ4n) is 11.0. The van der Waals surface area contributed by atoms with Gasteiger partial charge in [0.25, 0.3) is 0 Å². The second kappa shape index (κ2) is 13.1. The molecule has 0 amide bonds. The van der Waals surface area contributed by atoms with E-state index in [1.807, 2.05) is 0 Å². The molecule has 1 aliphatic rings. The topological polar surface area (TPSA) is 13.1 Å². The maximum atomic E-state index is 6.55. The van der Waals surface area contributed by atoms with Crippen molar-refractivity contribution < 1.29 is 4.42 Å². The van der Waals surface area contributed by atoms with Gasteiger partial charge in [-0.1, -0.05) is 184 Å². The molecular formula is C61H40O. The van der Waals surface area contributed by atoms with Crippen molar-refractivity contribution in [1.82, 2.24) is 0 Å². The third-order valence-corrected chi connectivity index (χ3v) is 13.8. The molecule has 13 rings (SSSR count). The Hall–Kier alpha value is -7.74. The Labute approximate surface area is 360 Å². The average molecular weight is 789 g/mol. The minimum absolute atomic E-state index is 0.0841. The van der Waals surface area contributed by atoms with Gasteiger partial charge in [-0.15, -0.1) is 0 Å². The number of fused-ring (bicyclic) bond motifs is 11. The molecule has 11 aromatic carbocycles. The molecule has 0 bridgehead atoms. The molecule has 0 radical (unpaired) electrons. The number of hydrogen-bond donors (Lipinski definition) is 0. The van der Waals surface area contributed by atoms with Crippen LogP contribution >= 0.6 is 0 Å². The Morgan fingerprint density at radius 3 is 1.50 bits per heavy atom. The number of rotatable bonds is 4. The third-order valence-electron chi connectivity index (χ3n) is 13.8. The van der Waals surface area contributed by atoms with Gasteiger partial charge in [-0.3, -0.25) is 0 Å². The van der Waals surface area contributed by atoms with E-state index < -0.39 is 0 Å². The lowest BCUT2D eigenvalue weighted by Crippen LogP contribution is -2.15. The molecule has 1 heterocycles. The molecule has 0 spiro atoms. The Morgan fingerprint density at radius 2 is 0.806 bits per heavy atom. The molecule has 1 aromatic heterocycles. The second-order valence-electron chi connectivity index (χ2n) is 17.6. The van der Waals surface area contributed by atoms with Crippen LogP contribution in [0.3, 0.4) is 0 Å². The van der Waals surface area contributed by atoms with E-state index >= 15 is 0 Å². The lowest BCUT2D eigenvalue weighted by Gasteiger charge is -2.23. The SMILES string of the molecule is CC1(C)c2ccc(-c3ccc4oc5ccc(-c6c7ccccc7c(-c7cccc(-c8cccc9ccccc89)c7)c7ccccc67)cc5c4c3)cc2-c2ccc3ccccc3c21. The van der Waals surface area contributed by atoms with Gasteiger partial charge in [-0.2, -0.15) is 0 Å². The maximum absolute atomic E-state index is 6.55. The first-order valence-electron chi connectivity index (χ1n) is 21.7. The van der Waals surface area contributed by atoms with Crippen molar-refractivity contribution in [3.63, 3.8) is 0 Å². The van der Waals surface area contributed by atoms with Crippen molar-refractivity contribution in [2.24, 2.45) is 0 Å². The Bertz CT molecular complexity index is 3780. The third kappa shape index (κ3) is 5.09. The maximum Gasteiger partial charge on any atom is 0.135 e. The van der Waals surface area contributed by atoms with E-state index in [-0.39, 0.29) is 5.41 Å². The fraction of sp³-hybridized carbons (Fsp3) is 0.0492. The average Bonchev–Trinajstić information content (AvgIpc) is 3.80. The molecule has 0 saturated carbocycles. The lowest BCUT2D eigenvalue weighted by molar-refractivity contribution is 0.666. The summed E-state index contributed by atoms with van der Waals surface area (Å²) < 4.78 is 6.55. The van der Waals surface area contributed by atoms with Crippen LogP contribution in [0.2, 0.25) is 0 Å². The molecule has 0 saturated heterocycles. The number of benzene rings is 11. The van der Waals surface area contributed by atoms with E-state index in [0.29, 0.717) is 0 Å². The highest BCUT2D eigenvalue weighted by atomic mass is 16.3. The van der Waals surface area contributed by atoms with Gasteiger partial charge in [0.2, 0.25) is 0 Å². The second-order valence-corrected chi connectivity index (χ2v) is 17.6. The largest absolute Gasteiger partial charge is 0.456 e. The first-order valence-corrected chi connectivity index (χ1v) is 21.7. The molecule has 1 heteroatoms. The zero-order valence-corrected chi connectivity index (χ0v) is 34.5. The molecule has 0 N–H and O–H groups in total. The van der Waals surface area contributed by atoms with E-state index in [9.17, 15) is 0 Å². The van der Waals surface area contributed by atoms with Crippen LogP contribution in [0.15, 0.2) is 211 Å². The summed E-state index contributed by atoms with van der Waals surface area (Å²) in [5, 5.41) is 12.4. The summed E-state index contributed by atoms with van der Waals surface area (Å²) in [6.45, 7) is 4.74. The zero-order chi connectivity index (χ0) is 41.1. The smallest absolute Gasteiger partial charge is 0.135 e. The molecule has 1 nitrogen and oxygen atoms in total. The lowest BCUT2D eigenvalue weighted by atomic mass is 9.80. The standard InChI is InChI=1S/C61H40O/c1-61(2)55-30-26-39(34-52(55)51-29-25-38-14-4-6-19-46(38)60(51)61)40-27-31-56-53(35-40)54-36-43(28-32-57(54)62-56)59-49-22-9-7-20-47(49)58(48-21-8-10-23-50(48)59)42-17-11-16-41(33-42)45-24-12-15-37-13-3-5-18-44(37)45/h3-36H,1-2H3. The first kappa shape index (κ1) is 35.1. The molecule has 290 valence electrons. The van der Waals surface area contributed by atoms with E-state index in [1.165, 1.54) is 110 Å². The van der Waals surface area contributed by atoms with Crippen LogP contribution in [0.5, 0.6) is 0 Å². The summed E-state index contributed by atoms with van der Waals surface area (Å²) >= 11 is 0. The van der Waals surface area contributed by atoms with E-state index in [1.54, 1.807) is 0 Å². The van der Waals surface area contributed by atoms with Gasteiger partial charge in [0, 0.05) is 16.2 Å². The summed E-state index contributed by atoms with van der Waals surface area (Å²) in [7, 11) is 0. The van der Waals surface area contributed by atoms with Crippen molar-refractivity contribution in [2.75, 3.05) is 0 Å². The van der Waals surface area contributed by atoms with Crippen LogP contribution in [0, 0.1) is 0 Å². The normalized spacial score (nSPS) is 13.1. The van der Waals surface area contributed by atoms with E-state index in [2.05, 4.69) is 220 Å². The summed E-state index contributed by atoms with van der Waals surface area (Å²) in [6, 6.07) is 76.2. The Balaban J connectivity index is 0.962. The highest BCUT2D eigenvalue weighted by molar-refractivity contribution is 6.22. The molecular weight excluding hydrogens is 749 g/mol. The van der Waals surface area contributed by atoms with Crippen molar-refractivity contribution in [3.8, 4) is 55.6 Å². The number of hydrogen-bond acceptors (Lipinski definition) is 1. The van der Waals surface area contributed by atoms with Crippen LogP contribution in [0.1, 0.15) is 25.0 Å². The van der Waals surface area contributed by atoms with E-state index in [4.69, 9.17) is 4.42 Å². The molecule has 0 unspecified atom stereocenters. The van der Waals surface area contributed by atoms with Gasteiger partial charge in [0.15, 0.2) is 0 Å². The molecule has 12 aromatic rings. The summed E-state index contributed by atoms with van der Waals surface area (Å²) in [4.78, 5) is 0. The molecule has 0 fully saturated rings. The molecule has 0 aliphatic heterocycles. The molecule has 0 atom stereocenters. The van der Waals surface area contributed by atoms with Crippen molar-refractivity contribution in [3.05, 3.63) is 217 Å². The van der Waals surface area contributed by atoms with Gasteiger partial charge in [-0.05, 0) is 146 Å². The quantitative estimate of drug-likeness (QED) is 0.162. The summed E-state index contributed by atoms with van der Waals surface area (Å²) in [5.41, 5.74) is 16.9. The first-order chi connectivity index (χ1) is 30.5. The summed E-state index contributed by atoms with van der Waals surface area (Å²) in [6.07, 6.45) is 0. The van der Waals surface area contributed by atoms with Crippen molar-refractivity contribution >= 4 is 65.0 Å². The van der Waals surface area contributed by atoms with Gasteiger partial charge in [0.05, 0.1) is 0 Å². The van der Waals surface area contributed by atoms with Crippen LogP contribution in [-0.2, 0) is 5.41 Å². The minimum atomic E-state index is -0.0841. The highest BCUT2D eigenvalue weighted by Gasteiger charge is 2.37. The minimum Gasteiger partial charge on any atom is -0.456 e. The van der Waals surface area contributed by atoms with Gasteiger partial charge in [0.1, 0.15) is 11.2 Å². The predicted octanol–water partition coefficient (Wildman–Crippen LogP) is 17.2. The highest BCUT2D eigenvalue weighted by Crippen LogP contribution is 2.52. The van der Waals surface area contributed by atoms with Crippen LogP contribution in [0.4, 0.5) is 0 Å². The molecule has 62 heavy (non-hydrogen) atoms. The summed E-state index contributed by atoms with van der Waals surface area (Å²) in [5.74, 6) is 0. The van der Waals surface area contributed by atoms with E-state index in [0.717, 1.165) is 21.9 Å².